The van der Waals surface area contributed by atoms with Gasteiger partial charge in [-0.15, -0.1) is 0 Å². The van der Waals surface area contributed by atoms with Crippen molar-refractivity contribution in [1.82, 2.24) is 0 Å². The van der Waals surface area contributed by atoms with Gasteiger partial charge in [-0.25, -0.2) is 0 Å². The van der Waals surface area contributed by atoms with Gasteiger partial charge in [-0.1, -0.05) is 0 Å². The Balaban J connectivity index is 3.37. The first-order chi connectivity index (χ1) is 4.70. The second kappa shape index (κ2) is 5.56. The zero-order chi connectivity index (χ0) is 7.98. The van der Waals surface area contributed by atoms with Crippen LogP contribution in [0.3, 0.4) is 0 Å². The summed E-state index contributed by atoms with van der Waals surface area (Å²) in [6.07, 6.45) is 1.40. The van der Waals surface area contributed by atoms with Gasteiger partial charge in [0.2, 0.25) is 0 Å². The van der Waals surface area contributed by atoms with E-state index in [0.29, 0.717) is 5.75 Å². The van der Waals surface area contributed by atoms with Gasteiger partial charge < -0.3 is 9.84 Å². The third-order valence-corrected chi connectivity index (χ3v) is 1.71. The Kier molecular flexibility index (Phi) is 5.43. The molecule has 0 saturated heterocycles. The molecule has 0 aromatic heterocycles. The van der Waals surface area contributed by atoms with E-state index < -0.39 is 6.10 Å². The van der Waals surface area contributed by atoms with Crippen LogP contribution in [0.15, 0.2) is 0 Å². The molecule has 10 heavy (non-hydrogen) atoms. The zero-order valence-electron chi connectivity index (χ0n) is 6.16. The normalized spacial score (nSPS) is 12.7. The van der Waals surface area contributed by atoms with Crippen molar-refractivity contribution in [3.63, 3.8) is 0 Å². The molecule has 0 fully saturated rings. The molecular formula is C6H12O3S. The van der Waals surface area contributed by atoms with Crippen LogP contribution in [-0.2, 0) is 9.53 Å². The minimum absolute atomic E-state index is 0.0946. The SMILES string of the molecule is COC(=O)C[C@@H](O)CSC. The molecule has 0 aromatic rings. The van der Waals surface area contributed by atoms with Crippen molar-refractivity contribution in [1.29, 1.82) is 0 Å². The first-order valence-electron chi connectivity index (χ1n) is 2.94. The first kappa shape index (κ1) is 9.78. The monoisotopic (exact) mass is 164 g/mol. The Labute approximate surface area is 64.8 Å². The fourth-order valence-corrected chi connectivity index (χ4v) is 1.03. The molecule has 0 radical (unpaired) electrons. The number of carbonyl (C=O) groups is 1. The van der Waals surface area contributed by atoms with Crippen molar-refractivity contribution in [2.75, 3.05) is 19.1 Å². The van der Waals surface area contributed by atoms with Crippen molar-refractivity contribution in [2.24, 2.45) is 0 Å². The maximum atomic E-state index is 10.5. The summed E-state index contributed by atoms with van der Waals surface area (Å²) in [5.74, 6) is 0.219. The van der Waals surface area contributed by atoms with E-state index in [1.807, 2.05) is 6.26 Å². The maximum Gasteiger partial charge on any atom is 0.308 e. The number of aliphatic hydroxyl groups is 1. The van der Waals surface area contributed by atoms with Crippen molar-refractivity contribution in [3.05, 3.63) is 0 Å². The molecule has 0 heterocycles. The molecule has 1 N–H and O–H groups in total. The summed E-state index contributed by atoms with van der Waals surface area (Å²) >= 11 is 1.50. The Morgan fingerprint density at radius 3 is 2.80 bits per heavy atom. The lowest BCUT2D eigenvalue weighted by molar-refractivity contribution is -0.142. The molecule has 4 heteroatoms. The summed E-state index contributed by atoms with van der Waals surface area (Å²) < 4.78 is 4.36. The Bertz CT molecular complexity index is 105. The lowest BCUT2D eigenvalue weighted by Crippen LogP contribution is -2.16. The molecule has 0 rings (SSSR count). The van der Waals surface area contributed by atoms with Gasteiger partial charge in [0.1, 0.15) is 0 Å². The number of rotatable bonds is 4. The van der Waals surface area contributed by atoms with Gasteiger partial charge in [-0.05, 0) is 6.26 Å². The molecule has 0 aliphatic heterocycles. The van der Waals surface area contributed by atoms with Crippen LogP contribution in [0, 0.1) is 0 Å². The molecule has 0 spiro atoms. The topological polar surface area (TPSA) is 46.5 Å². The summed E-state index contributed by atoms with van der Waals surface area (Å²) in [4.78, 5) is 10.5. The smallest absolute Gasteiger partial charge is 0.308 e. The molecule has 0 aliphatic carbocycles. The highest BCUT2D eigenvalue weighted by atomic mass is 32.2. The molecular weight excluding hydrogens is 152 g/mol. The highest BCUT2D eigenvalue weighted by Gasteiger charge is 2.08. The van der Waals surface area contributed by atoms with Gasteiger partial charge in [0.05, 0.1) is 19.6 Å². The molecule has 0 saturated carbocycles. The van der Waals surface area contributed by atoms with Crippen LogP contribution in [0.2, 0.25) is 0 Å². The average Bonchev–Trinajstić information content (AvgIpc) is 1.88. The van der Waals surface area contributed by atoms with Crippen LogP contribution in [-0.4, -0.2) is 36.3 Å². The number of carbonyl (C=O) groups excluding carboxylic acids is 1. The van der Waals surface area contributed by atoms with Crippen LogP contribution in [0.1, 0.15) is 6.42 Å². The van der Waals surface area contributed by atoms with Crippen molar-refractivity contribution >= 4 is 17.7 Å². The van der Waals surface area contributed by atoms with Crippen LogP contribution >= 0.6 is 11.8 Å². The molecule has 0 amide bonds. The number of esters is 1. The highest BCUT2D eigenvalue weighted by Crippen LogP contribution is 2.01. The lowest BCUT2D eigenvalue weighted by atomic mass is 10.3. The first-order valence-corrected chi connectivity index (χ1v) is 4.34. The summed E-state index contributed by atoms with van der Waals surface area (Å²) in [5, 5.41) is 9.03. The Hall–Kier alpha value is -0.220. The van der Waals surface area contributed by atoms with E-state index in [1.165, 1.54) is 18.9 Å². The standard InChI is InChI=1S/C6H12O3S/c1-9-6(8)3-5(7)4-10-2/h5,7H,3-4H2,1-2H3/t5-/m1/s1. The number of hydrogen-bond acceptors (Lipinski definition) is 4. The number of hydrogen-bond donors (Lipinski definition) is 1. The maximum absolute atomic E-state index is 10.5. The van der Waals surface area contributed by atoms with Crippen LogP contribution < -0.4 is 0 Å². The van der Waals surface area contributed by atoms with Gasteiger partial charge in [-0.3, -0.25) is 4.79 Å². The predicted octanol–water partition coefficient (Wildman–Crippen LogP) is 0.273. The van der Waals surface area contributed by atoms with Gasteiger partial charge in [-0.2, -0.15) is 11.8 Å². The number of thioether (sulfide) groups is 1. The van der Waals surface area contributed by atoms with E-state index in [2.05, 4.69) is 4.74 Å². The third-order valence-electron chi connectivity index (χ3n) is 0.989. The Morgan fingerprint density at radius 1 is 1.80 bits per heavy atom. The summed E-state index contributed by atoms with van der Waals surface area (Å²) in [6.45, 7) is 0. The average molecular weight is 164 g/mol. The van der Waals surface area contributed by atoms with E-state index in [9.17, 15) is 4.79 Å². The van der Waals surface area contributed by atoms with Gasteiger partial charge in [0, 0.05) is 5.75 Å². The van der Waals surface area contributed by atoms with Crippen molar-refractivity contribution in [2.45, 2.75) is 12.5 Å². The minimum Gasteiger partial charge on any atom is -0.469 e. The number of methoxy groups -OCH3 is 1. The number of ether oxygens (including phenoxy) is 1. The fraction of sp³-hybridized carbons (Fsp3) is 0.833. The van der Waals surface area contributed by atoms with E-state index >= 15 is 0 Å². The quantitative estimate of drug-likeness (QED) is 0.606. The molecule has 60 valence electrons. The lowest BCUT2D eigenvalue weighted by Gasteiger charge is -2.05. The minimum atomic E-state index is -0.567. The molecule has 3 nitrogen and oxygen atoms in total. The van der Waals surface area contributed by atoms with Gasteiger partial charge in [0.25, 0.3) is 0 Å². The van der Waals surface area contributed by atoms with E-state index in [0.717, 1.165) is 0 Å². The van der Waals surface area contributed by atoms with Crippen molar-refractivity contribution in [3.8, 4) is 0 Å². The Morgan fingerprint density at radius 2 is 2.40 bits per heavy atom. The van der Waals surface area contributed by atoms with Crippen LogP contribution in [0.25, 0.3) is 0 Å². The van der Waals surface area contributed by atoms with Crippen LogP contribution in [0.5, 0.6) is 0 Å². The van der Waals surface area contributed by atoms with E-state index in [4.69, 9.17) is 5.11 Å². The highest BCUT2D eigenvalue weighted by molar-refractivity contribution is 7.98. The van der Waals surface area contributed by atoms with E-state index in [1.54, 1.807) is 0 Å². The largest absolute Gasteiger partial charge is 0.469 e. The van der Waals surface area contributed by atoms with Crippen molar-refractivity contribution < 1.29 is 14.6 Å². The second-order valence-corrected chi connectivity index (χ2v) is 2.80. The molecule has 1 atom stereocenters. The molecule has 0 unspecified atom stereocenters. The van der Waals surface area contributed by atoms with Crippen LogP contribution in [0.4, 0.5) is 0 Å². The third kappa shape index (κ3) is 4.64. The molecule has 0 aromatic carbocycles. The van der Waals surface area contributed by atoms with Gasteiger partial charge >= 0.3 is 5.97 Å². The van der Waals surface area contributed by atoms with Gasteiger partial charge in [0.15, 0.2) is 0 Å². The summed E-state index contributed by atoms with van der Waals surface area (Å²) in [6, 6.07) is 0. The fourth-order valence-electron chi connectivity index (χ4n) is 0.527. The summed E-state index contributed by atoms with van der Waals surface area (Å²) in [5.41, 5.74) is 0. The second-order valence-electron chi connectivity index (χ2n) is 1.89. The summed E-state index contributed by atoms with van der Waals surface area (Å²) in [7, 11) is 1.31. The number of aliphatic hydroxyl groups excluding tert-OH is 1. The zero-order valence-corrected chi connectivity index (χ0v) is 6.98. The van der Waals surface area contributed by atoms with E-state index in [-0.39, 0.29) is 12.4 Å². The molecule has 0 bridgehead atoms. The predicted molar refractivity (Wildman–Crippen MR) is 41.0 cm³/mol. The molecule has 0 aliphatic rings.